The van der Waals surface area contributed by atoms with Gasteiger partial charge in [-0.05, 0) is 24.1 Å². The lowest BCUT2D eigenvalue weighted by molar-refractivity contribution is -0.122. The van der Waals surface area contributed by atoms with Gasteiger partial charge in [0.05, 0.1) is 0 Å². The van der Waals surface area contributed by atoms with E-state index in [-0.39, 0.29) is 12.5 Å². The molecule has 1 saturated heterocycles. The second-order valence-corrected chi connectivity index (χ2v) is 4.51. The molecule has 0 aromatic heterocycles. The molecule has 1 aliphatic heterocycles. The van der Waals surface area contributed by atoms with Crippen molar-refractivity contribution in [1.82, 2.24) is 10.6 Å². The van der Waals surface area contributed by atoms with E-state index < -0.39 is 0 Å². The summed E-state index contributed by atoms with van der Waals surface area (Å²) in [6.07, 6.45) is 1.48. The molecule has 2 rings (SSSR count). The number of nitrogens with one attached hydrogen (secondary N) is 2. The lowest BCUT2D eigenvalue weighted by atomic mass is 10.1. The van der Waals surface area contributed by atoms with Gasteiger partial charge in [0.15, 0.2) is 6.61 Å². The van der Waals surface area contributed by atoms with Crippen LogP contribution >= 0.6 is 0 Å². The van der Waals surface area contributed by atoms with E-state index in [0.29, 0.717) is 24.8 Å². The van der Waals surface area contributed by atoms with Crippen molar-refractivity contribution in [2.45, 2.75) is 25.4 Å². The molecule has 5 heteroatoms. The number of rotatable bonds is 5. The van der Waals surface area contributed by atoms with Crippen LogP contribution in [0, 0.1) is 11.3 Å². The Labute approximate surface area is 112 Å². The summed E-state index contributed by atoms with van der Waals surface area (Å²) < 4.78 is 5.19. The summed E-state index contributed by atoms with van der Waals surface area (Å²) in [6.45, 7) is 1.53. The van der Waals surface area contributed by atoms with Crippen LogP contribution in [0.3, 0.4) is 0 Å². The number of nitrogens with zero attached hydrogens (tertiary/aromatic N) is 1. The normalized spacial score (nSPS) is 18.5. The van der Waals surface area contributed by atoms with Gasteiger partial charge >= 0.3 is 0 Å². The van der Waals surface area contributed by atoms with Crippen LogP contribution in [-0.2, 0) is 11.3 Å². The average molecular weight is 259 g/mol. The number of nitriles is 1. The standard InChI is InChI=1S/C14H17N3O2/c15-7-8-19-13-4-1-11(2-5-13)9-16-12-3-6-14(18)17-10-12/h1-2,4-5,12,16H,3,6,8-10H2,(H,17,18). The Morgan fingerprint density at radius 3 is 2.84 bits per heavy atom. The Balaban J connectivity index is 1.77. The van der Waals surface area contributed by atoms with E-state index in [2.05, 4.69) is 10.6 Å². The third-order valence-corrected chi connectivity index (χ3v) is 3.09. The van der Waals surface area contributed by atoms with E-state index in [1.54, 1.807) is 0 Å². The Morgan fingerprint density at radius 1 is 1.42 bits per heavy atom. The SMILES string of the molecule is N#CCOc1ccc(CNC2CCC(=O)NC2)cc1. The molecule has 1 heterocycles. The first-order valence-corrected chi connectivity index (χ1v) is 6.36. The lowest BCUT2D eigenvalue weighted by Crippen LogP contribution is -2.45. The van der Waals surface area contributed by atoms with Crippen molar-refractivity contribution >= 4 is 5.91 Å². The molecule has 5 nitrogen and oxygen atoms in total. The zero-order valence-electron chi connectivity index (χ0n) is 10.7. The van der Waals surface area contributed by atoms with Crippen molar-refractivity contribution in [1.29, 1.82) is 5.26 Å². The van der Waals surface area contributed by atoms with Gasteiger partial charge in [0, 0.05) is 25.6 Å². The van der Waals surface area contributed by atoms with Crippen LogP contribution in [0.2, 0.25) is 0 Å². The maximum absolute atomic E-state index is 11.0. The molecular weight excluding hydrogens is 242 g/mol. The highest BCUT2D eigenvalue weighted by Crippen LogP contribution is 2.12. The second-order valence-electron chi connectivity index (χ2n) is 4.51. The van der Waals surface area contributed by atoms with Gasteiger partial charge < -0.3 is 15.4 Å². The number of ether oxygens (including phenoxy) is 1. The number of carbonyl (C=O) groups excluding carboxylic acids is 1. The van der Waals surface area contributed by atoms with Gasteiger partial charge in [-0.1, -0.05) is 12.1 Å². The number of benzene rings is 1. The van der Waals surface area contributed by atoms with Crippen molar-refractivity contribution in [3.8, 4) is 11.8 Å². The molecule has 1 aliphatic rings. The predicted molar refractivity (Wildman–Crippen MR) is 70.4 cm³/mol. The van der Waals surface area contributed by atoms with Gasteiger partial charge in [0.1, 0.15) is 11.8 Å². The molecule has 1 fully saturated rings. The Kier molecular flexibility index (Phi) is 4.76. The molecule has 1 atom stereocenters. The predicted octanol–water partition coefficient (Wildman–Crippen LogP) is 0.957. The fourth-order valence-corrected chi connectivity index (χ4v) is 1.99. The molecule has 1 unspecified atom stereocenters. The fourth-order valence-electron chi connectivity index (χ4n) is 1.99. The topological polar surface area (TPSA) is 74.1 Å². The quantitative estimate of drug-likeness (QED) is 0.826. The van der Waals surface area contributed by atoms with Gasteiger partial charge in [-0.2, -0.15) is 5.26 Å². The van der Waals surface area contributed by atoms with E-state index in [9.17, 15) is 4.79 Å². The maximum atomic E-state index is 11.0. The van der Waals surface area contributed by atoms with Gasteiger partial charge in [0.25, 0.3) is 0 Å². The minimum Gasteiger partial charge on any atom is -0.479 e. The third-order valence-electron chi connectivity index (χ3n) is 3.09. The summed E-state index contributed by atoms with van der Waals surface area (Å²) in [6, 6.07) is 9.94. The molecule has 1 amide bonds. The molecular formula is C14H17N3O2. The number of amides is 1. The number of piperidine rings is 1. The lowest BCUT2D eigenvalue weighted by Gasteiger charge is -2.23. The molecule has 0 saturated carbocycles. The Morgan fingerprint density at radius 2 is 2.21 bits per heavy atom. The van der Waals surface area contributed by atoms with Crippen molar-refractivity contribution < 1.29 is 9.53 Å². The monoisotopic (exact) mass is 259 g/mol. The van der Waals surface area contributed by atoms with Gasteiger partial charge in [0.2, 0.25) is 5.91 Å². The first-order valence-electron chi connectivity index (χ1n) is 6.36. The Hall–Kier alpha value is -2.06. The van der Waals surface area contributed by atoms with Crippen LogP contribution in [-0.4, -0.2) is 25.1 Å². The van der Waals surface area contributed by atoms with Crippen LogP contribution in [0.25, 0.3) is 0 Å². The highest BCUT2D eigenvalue weighted by atomic mass is 16.5. The zero-order chi connectivity index (χ0) is 13.5. The molecule has 0 aliphatic carbocycles. The van der Waals surface area contributed by atoms with Crippen molar-refractivity contribution in [2.75, 3.05) is 13.2 Å². The molecule has 0 bridgehead atoms. The molecule has 0 radical (unpaired) electrons. The third kappa shape index (κ3) is 4.27. The molecule has 0 spiro atoms. The molecule has 19 heavy (non-hydrogen) atoms. The number of hydrogen-bond donors (Lipinski definition) is 2. The molecule has 100 valence electrons. The van der Waals surface area contributed by atoms with E-state index in [1.807, 2.05) is 30.3 Å². The van der Waals surface area contributed by atoms with E-state index >= 15 is 0 Å². The van der Waals surface area contributed by atoms with Gasteiger partial charge in [-0.15, -0.1) is 0 Å². The van der Waals surface area contributed by atoms with E-state index in [4.69, 9.17) is 10.00 Å². The fraction of sp³-hybridized carbons (Fsp3) is 0.429. The van der Waals surface area contributed by atoms with E-state index in [0.717, 1.165) is 18.5 Å². The molecule has 1 aromatic carbocycles. The summed E-state index contributed by atoms with van der Waals surface area (Å²) in [5.41, 5.74) is 1.15. The van der Waals surface area contributed by atoms with Crippen molar-refractivity contribution in [3.05, 3.63) is 29.8 Å². The van der Waals surface area contributed by atoms with E-state index in [1.165, 1.54) is 0 Å². The van der Waals surface area contributed by atoms with Gasteiger partial charge in [-0.3, -0.25) is 4.79 Å². The number of hydrogen-bond acceptors (Lipinski definition) is 4. The minimum absolute atomic E-state index is 0.0688. The van der Waals surface area contributed by atoms with Crippen LogP contribution in [0.15, 0.2) is 24.3 Å². The maximum Gasteiger partial charge on any atom is 0.220 e. The first kappa shape index (κ1) is 13.4. The van der Waals surface area contributed by atoms with Crippen LogP contribution in [0.1, 0.15) is 18.4 Å². The van der Waals surface area contributed by atoms with Crippen LogP contribution < -0.4 is 15.4 Å². The van der Waals surface area contributed by atoms with Crippen molar-refractivity contribution in [3.63, 3.8) is 0 Å². The second kappa shape index (κ2) is 6.76. The van der Waals surface area contributed by atoms with Crippen molar-refractivity contribution in [2.24, 2.45) is 0 Å². The molecule has 2 N–H and O–H groups in total. The van der Waals surface area contributed by atoms with Crippen LogP contribution in [0.4, 0.5) is 0 Å². The average Bonchev–Trinajstić information content (AvgIpc) is 2.46. The van der Waals surface area contributed by atoms with Gasteiger partial charge in [-0.25, -0.2) is 0 Å². The smallest absolute Gasteiger partial charge is 0.220 e. The summed E-state index contributed by atoms with van der Waals surface area (Å²) in [5.74, 6) is 0.840. The summed E-state index contributed by atoms with van der Waals surface area (Å²) in [5, 5.41) is 14.7. The summed E-state index contributed by atoms with van der Waals surface area (Å²) in [7, 11) is 0. The number of carbonyl (C=O) groups is 1. The summed E-state index contributed by atoms with van der Waals surface area (Å²) in [4.78, 5) is 11.0. The Bertz CT molecular complexity index is 455. The largest absolute Gasteiger partial charge is 0.479 e. The summed E-state index contributed by atoms with van der Waals surface area (Å²) >= 11 is 0. The minimum atomic E-state index is 0.0688. The highest BCUT2D eigenvalue weighted by Gasteiger charge is 2.16. The molecule has 1 aromatic rings. The zero-order valence-corrected chi connectivity index (χ0v) is 10.7. The van der Waals surface area contributed by atoms with Crippen LogP contribution in [0.5, 0.6) is 5.75 Å². The highest BCUT2D eigenvalue weighted by molar-refractivity contribution is 5.76. The first-order chi connectivity index (χ1) is 9.28.